The van der Waals surface area contributed by atoms with Gasteiger partial charge in [0.2, 0.25) is 5.91 Å². The van der Waals surface area contributed by atoms with Crippen molar-refractivity contribution < 1.29 is 4.79 Å². The summed E-state index contributed by atoms with van der Waals surface area (Å²) in [6.45, 7) is 3.73. The van der Waals surface area contributed by atoms with Crippen molar-refractivity contribution in [2.24, 2.45) is 7.05 Å². The minimum Gasteiger partial charge on any atom is -0.369 e. The van der Waals surface area contributed by atoms with Gasteiger partial charge in [0.25, 0.3) is 0 Å². The highest BCUT2D eigenvalue weighted by atomic mass is 32.2. The molecule has 1 aromatic heterocycles. The second kappa shape index (κ2) is 8.28. The summed E-state index contributed by atoms with van der Waals surface area (Å²) in [5, 5.41) is 15.5. The molecule has 4 rings (SSSR count). The monoisotopic (exact) mass is 387 g/mol. The summed E-state index contributed by atoms with van der Waals surface area (Å²) in [6, 6.07) is 10.6. The molecule has 0 spiro atoms. The zero-order valence-electron chi connectivity index (χ0n) is 15.4. The van der Waals surface area contributed by atoms with Crippen molar-refractivity contribution in [2.45, 2.75) is 23.9 Å². The zero-order valence-corrected chi connectivity index (χ0v) is 16.2. The van der Waals surface area contributed by atoms with Gasteiger partial charge in [-0.05, 0) is 12.1 Å². The Labute approximate surface area is 163 Å². The van der Waals surface area contributed by atoms with Crippen LogP contribution in [0, 0.1) is 0 Å². The summed E-state index contributed by atoms with van der Waals surface area (Å²) in [6.07, 6.45) is 2.08. The van der Waals surface area contributed by atoms with Gasteiger partial charge >= 0.3 is 0 Å². The van der Waals surface area contributed by atoms with Gasteiger partial charge in [-0.1, -0.05) is 30.0 Å². The smallest absolute Gasteiger partial charge is 0.223 e. The van der Waals surface area contributed by atoms with Crippen LogP contribution < -0.4 is 15.5 Å². The van der Waals surface area contributed by atoms with E-state index in [1.54, 1.807) is 18.1 Å². The maximum absolute atomic E-state index is 12.2. The van der Waals surface area contributed by atoms with Crippen molar-refractivity contribution in [1.29, 1.82) is 0 Å². The Morgan fingerprint density at radius 2 is 1.96 bits per heavy atom. The van der Waals surface area contributed by atoms with Gasteiger partial charge in [0.15, 0.2) is 5.16 Å². The van der Waals surface area contributed by atoms with Crippen LogP contribution in [-0.2, 0) is 11.8 Å². The molecule has 2 aliphatic heterocycles. The van der Waals surface area contributed by atoms with Crippen LogP contribution in [0.2, 0.25) is 0 Å². The number of para-hydroxylation sites is 1. The molecule has 2 aliphatic rings. The predicted molar refractivity (Wildman–Crippen MR) is 105 cm³/mol. The minimum absolute atomic E-state index is 0.103. The molecule has 0 radical (unpaired) electrons. The molecule has 2 unspecified atom stereocenters. The number of amides is 1. The SMILES string of the molecule is Cn1cnnc1SCC1CC(=O)NC(N2CCN(c3ccccc3)CC2)N1. The third-order valence-corrected chi connectivity index (χ3v) is 6.20. The van der Waals surface area contributed by atoms with Crippen LogP contribution in [-0.4, -0.2) is 69.8 Å². The fraction of sp³-hybridized carbons (Fsp3) is 0.500. The van der Waals surface area contributed by atoms with Crippen molar-refractivity contribution >= 4 is 23.4 Å². The lowest BCUT2D eigenvalue weighted by molar-refractivity contribution is -0.126. The minimum atomic E-state index is -0.103. The van der Waals surface area contributed by atoms with Gasteiger partial charge in [0, 0.05) is 57.1 Å². The second-order valence-corrected chi connectivity index (χ2v) is 7.92. The number of aromatic nitrogens is 3. The Bertz CT molecular complexity index is 760. The maximum atomic E-state index is 12.2. The highest BCUT2D eigenvalue weighted by molar-refractivity contribution is 7.99. The van der Waals surface area contributed by atoms with Crippen molar-refractivity contribution in [2.75, 3.05) is 36.8 Å². The summed E-state index contributed by atoms with van der Waals surface area (Å²) in [7, 11) is 1.93. The molecule has 0 saturated carbocycles. The molecular formula is C18H25N7OS. The normalized spacial score (nSPS) is 24.0. The Hall–Kier alpha value is -2.10. The molecule has 0 aliphatic carbocycles. The van der Waals surface area contributed by atoms with Crippen LogP contribution in [0.4, 0.5) is 5.69 Å². The Kier molecular flexibility index (Phi) is 5.61. The number of anilines is 1. The highest BCUT2D eigenvalue weighted by Crippen LogP contribution is 2.19. The van der Waals surface area contributed by atoms with E-state index in [-0.39, 0.29) is 18.2 Å². The molecule has 3 heterocycles. The van der Waals surface area contributed by atoms with Crippen LogP contribution in [0.5, 0.6) is 0 Å². The number of nitrogens with zero attached hydrogens (tertiary/aromatic N) is 5. The van der Waals surface area contributed by atoms with Gasteiger partial charge in [-0.25, -0.2) is 0 Å². The van der Waals surface area contributed by atoms with Crippen molar-refractivity contribution in [1.82, 2.24) is 30.3 Å². The summed E-state index contributed by atoms with van der Waals surface area (Å²) in [5.41, 5.74) is 1.26. The van der Waals surface area contributed by atoms with Crippen molar-refractivity contribution in [3.8, 4) is 0 Å². The van der Waals surface area contributed by atoms with Crippen molar-refractivity contribution in [3.63, 3.8) is 0 Å². The molecule has 144 valence electrons. The summed E-state index contributed by atoms with van der Waals surface area (Å²) >= 11 is 1.63. The fourth-order valence-corrected chi connectivity index (χ4v) is 4.44. The number of carbonyl (C=O) groups excluding carboxylic acids is 1. The molecular weight excluding hydrogens is 362 g/mol. The standard InChI is InChI=1S/C18H25N7OS/c1-23-13-19-22-18(23)27-12-14-11-16(26)21-17(20-14)25-9-7-24(8-10-25)15-5-3-2-4-6-15/h2-6,13-14,17,20H,7-12H2,1H3,(H,21,26). The summed E-state index contributed by atoms with van der Waals surface area (Å²) in [5.74, 6) is 0.897. The third-order valence-electron chi connectivity index (χ3n) is 5.01. The Morgan fingerprint density at radius 1 is 1.19 bits per heavy atom. The molecule has 2 N–H and O–H groups in total. The lowest BCUT2D eigenvalue weighted by Crippen LogP contribution is -2.67. The van der Waals surface area contributed by atoms with Gasteiger partial charge < -0.3 is 14.8 Å². The number of hydrogen-bond acceptors (Lipinski definition) is 7. The van der Waals surface area contributed by atoms with Crippen LogP contribution >= 0.6 is 11.8 Å². The van der Waals surface area contributed by atoms with E-state index in [1.807, 2.05) is 17.7 Å². The van der Waals surface area contributed by atoms with Crippen molar-refractivity contribution in [3.05, 3.63) is 36.7 Å². The number of hydrogen-bond donors (Lipinski definition) is 2. The molecule has 9 heteroatoms. The number of carbonyl (C=O) groups is 1. The number of nitrogens with one attached hydrogen (secondary N) is 2. The van der Waals surface area contributed by atoms with Gasteiger partial charge in [0.1, 0.15) is 12.6 Å². The highest BCUT2D eigenvalue weighted by Gasteiger charge is 2.31. The lowest BCUT2D eigenvalue weighted by Gasteiger charge is -2.43. The molecule has 2 saturated heterocycles. The number of piperazine rings is 1. The first-order valence-corrected chi connectivity index (χ1v) is 10.2. The van der Waals surface area contributed by atoms with E-state index in [2.05, 4.69) is 54.9 Å². The average molecular weight is 388 g/mol. The molecule has 2 aromatic rings. The summed E-state index contributed by atoms with van der Waals surface area (Å²) in [4.78, 5) is 16.9. The van der Waals surface area contributed by atoms with Crippen LogP contribution in [0.3, 0.4) is 0 Å². The van der Waals surface area contributed by atoms with E-state index in [1.165, 1.54) is 5.69 Å². The quantitative estimate of drug-likeness (QED) is 0.723. The van der Waals surface area contributed by atoms with Gasteiger partial charge in [-0.3, -0.25) is 15.0 Å². The largest absolute Gasteiger partial charge is 0.369 e. The molecule has 1 amide bonds. The summed E-state index contributed by atoms with van der Waals surface area (Å²) < 4.78 is 1.90. The van der Waals surface area contributed by atoms with Crippen LogP contribution in [0.25, 0.3) is 0 Å². The molecule has 0 bridgehead atoms. The molecule has 27 heavy (non-hydrogen) atoms. The Balaban J connectivity index is 1.31. The Morgan fingerprint density at radius 3 is 2.67 bits per heavy atom. The molecule has 8 nitrogen and oxygen atoms in total. The topological polar surface area (TPSA) is 78.3 Å². The first kappa shape index (κ1) is 18.3. The van der Waals surface area contributed by atoms with E-state index in [9.17, 15) is 4.79 Å². The van der Waals surface area contributed by atoms with Gasteiger partial charge in [0.05, 0.1) is 0 Å². The van der Waals surface area contributed by atoms with Gasteiger partial charge in [-0.2, -0.15) is 0 Å². The molecule has 1 aromatic carbocycles. The van der Waals surface area contributed by atoms with E-state index >= 15 is 0 Å². The average Bonchev–Trinajstić information content (AvgIpc) is 3.12. The number of thioether (sulfide) groups is 1. The second-order valence-electron chi connectivity index (χ2n) is 6.93. The van der Waals surface area contributed by atoms with Crippen LogP contribution in [0.15, 0.2) is 41.8 Å². The van der Waals surface area contributed by atoms with E-state index < -0.39 is 0 Å². The van der Waals surface area contributed by atoms with E-state index in [0.717, 1.165) is 37.1 Å². The molecule has 2 fully saturated rings. The third kappa shape index (κ3) is 4.42. The zero-order chi connectivity index (χ0) is 18.6. The van der Waals surface area contributed by atoms with Gasteiger partial charge in [-0.15, -0.1) is 10.2 Å². The lowest BCUT2D eigenvalue weighted by atomic mass is 10.1. The number of rotatable bonds is 5. The number of benzene rings is 1. The number of aryl methyl sites for hydroxylation is 1. The fourth-order valence-electron chi connectivity index (χ4n) is 3.52. The van der Waals surface area contributed by atoms with Crippen LogP contribution in [0.1, 0.15) is 6.42 Å². The predicted octanol–water partition coefficient (Wildman–Crippen LogP) is 0.491. The van der Waals surface area contributed by atoms with E-state index in [0.29, 0.717) is 6.42 Å². The maximum Gasteiger partial charge on any atom is 0.223 e. The molecule has 2 atom stereocenters. The first-order chi connectivity index (χ1) is 13.2. The first-order valence-electron chi connectivity index (χ1n) is 9.25. The van der Waals surface area contributed by atoms with E-state index in [4.69, 9.17) is 0 Å².